The summed E-state index contributed by atoms with van der Waals surface area (Å²) >= 11 is -1.21. The lowest BCUT2D eigenvalue weighted by molar-refractivity contribution is 0.249. The van der Waals surface area contributed by atoms with E-state index in [2.05, 4.69) is 48.7 Å². The fourth-order valence-electron chi connectivity index (χ4n) is 1.60. The van der Waals surface area contributed by atoms with Crippen LogP contribution in [0.2, 0.25) is 18.1 Å². The van der Waals surface area contributed by atoms with Gasteiger partial charge in [-0.05, 0) is 38.9 Å². The van der Waals surface area contributed by atoms with E-state index in [1.54, 1.807) is 4.68 Å². The van der Waals surface area contributed by atoms with Crippen molar-refractivity contribution in [3.63, 3.8) is 0 Å². The predicted molar refractivity (Wildman–Crippen MR) is 97.9 cm³/mol. The minimum Gasteiger partial charge on any atom is -0.598 e. The van der Waals surface area contributed by atoms with E-state index in [-0.39, 0.29) is 15.8 Å². The van der Waals surface area contributed by atoms with E-state index in [1.807, 2.05) is 27.8 Å². The van der Waals surface area contributed by atoms with Crippen LogP contribution in [0.3, 0.4) is 0 Å². The molecule has 0 radical (unpaired) electrons. The zero-order valence-electron chi connectivity index (χ0n) is 15.9. The summed E-state index contributed by atoms with van der Waals surface area (Å²) in [5.74, 6) is 0.737. The number of aryl methyl sites for hydroxylation is 1. The van der Waals surface area contributed by atoms with Gasteiger partial charge >= 0.3 is 0 Å². The number of hydrogen-bond acceptors (Lipinski definition) is 5. The molecule has 6 nitrogen and oxygen atoms in total. The van der Waals surface area contributed by atoms with Crippen LogP contribution in [0.5, 0.6) is 0 Å². The van der Waals surface area contributed by atoms with E-state index in [0.717, 1.165) is 5.82 Å². The maximum Gasteiger partial charge on any atom is 0.192 e. The van der Waals surface area contributed by atoms with Gasteiger partial charge in [0.2, 0.25) is 0 Å². The van der Waals surface area contributed by atoms with Gasteiger partial charge in [-0.3, -0.25) is 4.68 Å². The van der Waals surface area contributed by atoms with Crippen molar-refractivity contribution in [2.75, 3.05) is 6.61 Å². The fraction of sp³-hybridized carbons (Fsp3) is 0.867. The van der Waals surface area contributed by atoms with Crippen LogP contribution in [0.25, 0.3) is 0 Å². The Labute approximate surface area is 144 Å². The highest BCUT2D eigenvalue weighted by molar-refractivity contribution is 7.90. The first-order valence-corrected chi connectivity index (χ1v) is 12.0. The van der Waals surface area contributed by atoms with Crippen LogP contribution in [0.15, 0.2) is 6.33 Å². The second-order valence-electron chi connectivity index (χ2n) is 8.36. The van der Waals surface area contributed by atoms with Crippen molar-refractivity contribution < 1.29 is 8.98 Å². The highest BCUT2D eigenvalue weighted by atomic mass is 32.2. The van der Waals surface area contributed by atoms with Crippen molar-refractivity contribution in [2.45, 2.75) is 70.5 Å². The molecule has 0 saturated carbocycles. The van der Waals surface area contributed by atoms with E-state index in [9.17, 15) is 4.55 Å². The zero-order chi connectivity index (χ0) is 18.1. The first-order chi connectivity index (χ1) is 10.3. The van der Waals surface area contributed by atoms with Gasteiger partial charge in [0.25, 0.3) is 0 Å². The van der Waals surface area contributed by atoms with Crippen LogP contribution in [0.4, 0.5) is 0 Å². The van der Waals surface area contributed by atoms with E-state index < -0.39 is 19.7 Å². The van der Waals surface area contributed by atoms with Crippen LogP contribution >= 0.6 is 0 Å². The smallest absolute Gasteiger partial charge is 0.192 e. The topological polar surface area (TPSA) is 75.0 Å². The Balaban J connectivity index is 2.92. The van der Waals surface area contributed by atoms with E-state index in [0.29, 0.717) is 6.61 Å². The summed E-state index contributed by atoms with van der Waals surface area (Å²) < 4.78 is 23.3. The third-order valence-corrected chi connectivity index (χ3v) is 10.4. The van der Waals surface area contributed by atoms with Crippen molar-refractivity contribution >= 4 is 19.7 Å². The first-order valence-electron chi connectivity index (χ1n) is 7.91. The molecule has 8 heteroatoms. The Morgan fingerprint density at radius 1 is 1.30 bits per heavy atom. The Morgan fingerprint density at radius 3 is 2.26 bits per heavy atom. The van der Waals surface area contributed by atoms with Crippen LogP contribution in [-0.4, -0.2) is 39.0 Å². The van der Waals surface area contributed by atoms with Crippen LogP contribution in [0.1, 0.15) is 53.4 Å². The lowest BCUT2D eigenvalue weighted by atomic mass is 10.2. The lowest BCUT2D eigenvalue weighted by Crippen LogP contribution is -2.46. The Bertz CT molecular complexity index is 508. The van der Waals surface area contributed by atoms with Crippen molar-refractivity contribution in [1.82, 2.24) is 19.5 Å². The van der Waals surface area contributed by atoms with Crippen LogP contribution < -0.4 is 4.72 Å². The number of nitrogens with zero attached hydrogens (tertiary/aromatic N) is 3. The second kappa shape index (κ2) is 7.22. The van der Waals surface area contributed by atoms with Gasteiger partial charge in [-0.15, -0.1) is 4.72 Å². The molecule has 0 spiro atoms. The summed E-state index contributed by atoms with van der Waals surface area (Å²) in [5.41, 5.74) is 0. The zero-order valence-corrected chi connectivity index (χ0v) is 17.7. The van der Waals surface area contributed by atoms with Crippen molar-refractivity contribution in [1.29, 1.82) is 0 Å². The summed E-state index contributed by atoms with van der Waals surface area (Å²) in [7, 11) is -0.0542. The standard InChI is InChI=1S/C15H32N4O2SSi/c1-14(2,3)22(20)18-12(13-16-11-17-19(13)7)10-21-23(8,9)15(4,5)6/h11-12,18H,10H2,1-9H3/t12-,22?/m1/s1. The third kappa shape index (κ3) is 5.56. The second-order valence-corrected chi connectivity index (χ2v) is 15.2. The molecule has 1 aromatic rings. The molecule has 1 aromatic heterocycles. The molecule has 134 valence electrons. The summed E-state index contributed by atoms with van der Waals surface area (Å²) in [6.45, 7) is 17.3. The largest absolute Gasteiger partial charge is 0.598 e. The maximum absolute atomic E-state index is 12.5. The van der Waals surface area contributed by atoms with E-state index in [1.165, 1.54) is 6.33 Å². The normalized spacial score (nSPS) is 16.4. The molecular weight excluding hydrogens is 328 g/mol. The monoisotopic (exact) mass is 360 g/mol. The minimum atomic E-state index is -1.89. The molecule has 0 aliphatic rings. The Kier molecular flexibility index (Phi) is 6.48. The summed E-state index contributed by atoms with van der Waals surface area (Å²) in [6, 6.07) is -0.253. The van der Waals surface area contributed by atoms with Crippen molar-refractivity contribution in [3.05, 3.63) is 12.2 Å². The number of nitrogens with one attached hydrogen (secondary N) is 1. The average Bonchev–Trinajstić information content (AvgIpc) is 2.77. The first kappa shape index (κ1) is 20.6. The molecule has 0 aliphatic heterocycles. The SMILES string of the molecule is Cn1ncnc1[C@@H](CO[Si](C)(C)C(C)(C)C)N[S+]([O-])C(C)(C)C. The van der Waals surface area contributed by atoms with Crippen LogP contribution in [-0.2, 0) is 22.8 Å². The number of hydrogen-bond donors (Lipinski definition) is 1. The molecule has 1 N–H and O–H groups in total. The number of rotatable bonds is 6. The maximum atomic E-state index is 12.5. The average molecular weight is 361 g/mol. The van der Waals surface area contributed by atoms with Gasteiger partial charge < -0.3 is 8.98 Å². The molecule has 1 heterocycles. The highest BCUT2D eigenvalue weighted by Crippen LogP contribution is 2.37. The van der Waals surface area contributed by atoms with E-state index in [4.69, 9.17) is 4.43 Å². The molecule has 0 aromatic carbocycles. The molecule has 0 fully saturated rings. The molecule has 2 atom stereocenters. The van der Waals surface area contributed by atoms with E-state index >= 15 is 0 Å². The van der Waals surface area contributed by atoms with Gasteiger partial charge in [0.05, 0.1) is 6.61 Å². The lowest BCUT2D eigenvalue weighted by Gasteiger charge is -2.37. The Morgan fingerprint density at radius 2 is 1.87 bits per heavy atom. The molecule has 1 rings (SSSR count). The molecule has 0 aliphatic carbocycles. The third-order valence-electron chi connectivity index (χ3n) is 4.28. The predicted octanol–water partition coefficient (Wildman–Crippen LogP) is 2.93. The summed E-state index contributed by atoms with van der Waals surface area (Å²) in [6.07, 6.45) is 1.51. The molecule has 0 saturated heterocycles. The summed E-state index contributed by atoms with van der Waals surface area (Å²) in [5, 5.41) is 4.25. The van der Waals surface area contributed by atoms with Crippen molar-refractivity contribution in [3.8, 4) is 0 Å². The fourth-order valence-corrected chi connectivity index (χ4v) is 3.40. The molecular formula is C15H32N4O2SSi. The van der Waals surface area contributed by atoms with Crippen molar-refractivity contribution in [2.24, 2.45) is 7.05 Å². The Hall–Kier alpha value is -0.413. The minimum absolute atomic E-state index is 0.126. The van der Waals surface area contributed by atoms with Gasteiger partial charge in [-0.25, -0.2) is 4.98 Å². The molecule has 0 bridgehead atoms. The summed E-state index contributed by atoms with van der Waals surface area (Å²) in [4.78, 5) is 4.30. The van der Waals surface area contributed by atoms with Gasteiger partial charge in [0.15, 0.2) is 14.1 Å². The molecule has 0 amide bonds. The molecule has 23 heavy (non-hydrogen) atoms. The molecule has 1 unspecified atom stereocenters. The number of aromatic nitrogens is 3. The van der Waals surface area contributed by atoms with Gasteiger partial charge in [-0.1, -0.05) is 20.8 Å². The van der Waals surface area contributed by atoms with Gasteiger partial charge in [0, 0.05) is 18.4 Å². The van der Waals surface area contributed by atoms with Crippen LogP contribution in [0, 0.1) is 0 Å². The van der Waals surface area contributed by atoms with Gasteiger partial charge in [0.1, 0.15) is 17.1 Å². The highest BCUT2D eigenvalue weighted by Gasteiger charge is 2.39. The van der Waals surface area contributed by atoms with Gasteiger partial charge in [-0.2, -0.15) is 5.10 Å². The quantitative estimate of drug-likeness (QED) is 0.623.